The molecule has 3 aromatic rings. The third kappa shape index (κ3) is 2.50. The number of aliphatic imine (C=N–C) groups is 1. The lowest BCUT2D eigenvalue weighted by Crippen LogP contribution is -2.17. The molecule has 1 aliphatic heterocycles. The van der Waals surface area contributed by atoms with Gasteiger partial charge in [-0.1, -0.05) is 6.08 Å². The van der Waals surface area contributed by atoms with Gasteiger partial charge in [0, 0.05) is 30.9 Å². The van der Waals surface area contributed by atoms with Crippen LogP contribution >= 0.6 is 0 Å². The second-order valence-electron chi connectivity index (χ2n) is 6.46. The average molecular weight is 374 g/mol. The number of nitrogens with one attached hydrogen (secondary N) is 2. The Labute approximate surface area is 159 Å². The number of aromatic nitrogens is 3. The molecule has 2 aliphatic rings. The lowest BCUT2D eigenvalue weighted by Gasteiger charge is -2.16. The zero-order valence-corrected chi connectivity index (χ0v) is 14.8. The van der Waals surface area contributed by atoms with Crippen LogP contribution in [0.4, 0.5) is 15.0 Å². The van der Waals surface area contributed by atoms with Gasteiger partial charge in [-0.25, -0.2) is 19.2 Å². The fourth-order valence-corrected chi connectivity index (χ4v) is 3.54. The molecule has 0 fully saturated rings. The number of rotatable bonds is 3. The Bertz CT molecular complexity index is 1210. The van der Waals surface area contributed by atoms with Crippen LogP contribution in [0.2, 0.25) is 0 Å². The predicted octanol–water partition coefficient (Wildman–Crippen LogP) is 3.28. The number of fused-ring (bicyclic) bond motifs is 2. The lowest BCUT2D eigenvalue weighted by atomic mass is 9.93. The largest absolute Gasteiger partial charge is 0.370 e. The maximum Gasteiger partial charge on any atom is 0.346 e. The highest BCUT2D eigenvalue weighted by atomic mass is 19.1. The summed E-state index contributed by atoms with van der Waals surface area (Å²) >= 11 is 0. The number of amides is 2. The molecule has 7 nitrogen and oxygen atoms in total. The van der Waals surface area contributed by atoms with Crippen molar-refractivity contribution in [1.82, 2.24) is 19.7 Å². The first kappa shape index (κ1) is 16.4. The highest BCUT2D eigenvalue weighted by Crippen LogP contribution is 2.35. The third-order valence-electron chi connectivity index (χ3n) is 4.80. The molecule has 5 rings (SSSR count). The van der Waals surface area contributed by atoms with Gasteiger partial charge < -0.3 is 10.6 Å². The van der Waals surface area contributed by atoms with Crippen LogP contribution in [0.5, 0.6) is 0 Å². The van der Waals surface area contributed by atoms with Gasteiger partial charge in [-0.05, 0) is 36.4 Å². The Morgan fingerprint density at radius 2 is 2.07 bits per heavy atom. The Balaban J connectivity index is 1.74. The quantitative estimate of drug-likeness (QED) is 0.737. The molecule has 1 atom stereocenters. The average Bonchev–Trinajstić information content (AvgIpc) is 3.27. The van der Waals surface area contributed by atoms with Crippen LogP contribution in [0.15, 0.2) is 65.6 Å². The lowest BCUT2D eigenvalue weighted by molar-refractivity contribution is 0.253. The first-order valence-electron chi connectivity index (χ1n) is 8.75. The van der Waals surface area contributed by atoms with Crippen molar-refractivity contribution in [3.8, 4) is 11.3 Å². The van der Waals surface area contributed by atoms with Crippen LogP contribution in [0.25, 0.3) is 16.9 Å². The van der Waals surface area contributed by atoms with Crippen molar-refractivity contribution >= 4 is 23.2 Å². The molecule has 2 aromatic heterocycles. The number of urea groups is 1. The number of carbonyl (C=O) groups excluding carboxylic acids is 1. The third-order valence-corrected chi connectivity index (χ3v) is 4.80. The van der Waals surface area contributed by atoms with Crippen LogP contribution in [-0.2, 0) is 0 Å². The van der Waals surface area contributed by atoms with Crippen molar-refractivity contribution in [2.45, 2.75) is 5.92 Å². The van der Waals surface area contributed by atoms with E-state index in [0.717, 1.165) is 17.0 Å². The summed E-state index contributed by atoms with van der Waals surface area (Å²) < 4.78 is 15.4. The number of benzene rings is 1. The molecular formula is C20H15FN6O. The molecular weight excluding hydrogens is 359 g/mol. The molecule has 8 heteroatoms. The second kappa shape index (κ2) is 6.12. The number of anilines is 1. The van der Waals surface area contributed by atoms with Crippen molar-refractivity contribution in [3.05, 3.63) is 72.1 Å². The molecule has 1 unspecified atom stereocenters. The first-order chi connectivity index (χ1) is 13.6. The number of hydrogen-bond acceptors (Lipinski definition) is 4. The van der Waals surface area contributed by atoms with Gasteiger partial charge in [-0.3, -0.25) is 4.40 Å². The van der Waals surface area contributed by atoms with E-state index < -0.39 is 0 Å². The summed E-state index contributed by atoms with van der Waals surface area (Å²) in [5, 5.41) is 5.80. The van der Waals surface area contributed by atoms with Crippen molar-refractivity contribution in [1.29, 1.82) is 0 Å². The van der Waals surface area contributed by atoms with Crippen LogP contribution in [0.3, 0.4) is 0 Å². The molecule has 2 amide bonds. The van der Waals surface area contributed by atoms with Crippen LogP contribution < -0.4 is 10.6 Å². The second-order valence-corrected chi connectivity index (χ2v) is 6.46. The van der Waals surface area contributed by atoms with E-state index in [1.54, 1.807) is 25.4 Å². The van der Waals surface area contributed by atoms with Gasteiger partial charge in [0.15, 0.2) is 11.5 Å². The highest BCUT2D eigenvalue weighted by molar-refractivity contribution is 6.19. The summed E-state index contributed by atoms with van der Waals surface area (Å²) in [6.07, 6.45) is 9.28. The highest BCUT2D eigenvalue weighted by Gasteiger charge is 2.27. The monoisotopic (exact) mass is 374 g/mol. The Kier molecular flexibility index (Phi) is 3.58. The standard InChI is InChI=1S/C20H15FN6O/c1-22-18-19-26-16(11-2-5-13(21)6-3-11)17(27(19)9-8-23-18)12-4-7-14-15(10-12)25-20(28)24-14/h2-10,12H,1H3,(H,22,23)(H,25,28). The van der Waals surface area contributed by atoms with Gasteiger partial charge in [-0.15, -0.1) is 0 Å². The van der Waals surface area contributed by atoms with E-state index in [1.807, 2.05) is 28.8 Å². The topological polar surface area (TPSA) is 83.7 Å². The summed E-state index contributed by atoms with van der Waals surface area (Å²) in [7, 11) is 1.79. The molecule has 0 spiro atoms. The minimum atomic E-state index is -0.370. The summed E-state index contributed by atoms with van der Waals surface area (Å²) in [5.41, 5.74) is 4.38. The molecule has 0 bridgehead atoms. The van der Waals surface area contributed by atoms with Crippen molar-refractivity contribution in [2.75, 3.05) is 12.4 Å². The molecule has 28 heavy (non-hydrogen) atoms. The number of nitrogens with zero attached hydrogens (tertiary/aromatic N) is 4. The predicted molar refractivity (Wildman–Crippen MR) is 104 cm³/mol. The van der Waals surface area contributed by atoms with E-state index in [0.29, 0.717) is 22.9 Å². The summed E-state index contributed by atoms with van der Waals surface area (Å²) in [6.45, 7) is 0. The van der Waals surface area contributed by atoms with Crippen molar-refractivity contribution in [3.63, 3.8) is 0 Å². The van der Waals surface area contributed by atoms with Gasteiger partial charge in [0.1, 0.15) is 5.82 Å². The summed E-state index contributed by atoms with van der Waals surface area (Å²) in [4.78, 5) is 24.6. The van der Waals surface area contributed by atoms with E-state index in [9.17, 15) is 9.18 Å². The fraction of sp³-hybridized carbons (Fsp3) is 0.100. The van der Waals surface area contributed by atoms with Crippen molar-refractivity contribution in [2.24, 2.45) is 4.99 Å². The number of hydrogen-bond donors (Lipinski definition) is 2. The van der Waals surface area contributed by atoms with Gasteiger partial charge in [0.2, 0.25) is 0 Å². The van der Waals surface area contributed by atoms with Crippen LogP contribution in [0, 0.1) is 5.82 Å². The number of imidazole rings is 1. The Morgan fingerprint density at radius 1 is 1.25 bits per heavy atom. The first-order valence-corrected chi connectivity index (χ1v) is 8.75. The molecule has 0 saturated carbocycles. The molecule has 0 saturated heterocycles. The number of allylic oxidation sites excluding steroid dienone is 3. The van der Waals surface area contributed by atoms with Gasteiger partial charge in [0.05, 0.1) is 22.8 Å². The molecule has 3 heterocycles. The summed E-state index contributed by atoms with van der Waals surface area (Å²) in [5.74, 6) is 0.177. The fourth-order valence-electron chi connectivity index (χ4n) is 3.54. The zero-order valence-electron chi connectivity index (χ0n) is 14.8. The SMILES string of the molecule is CNc1nccn2c(C3C=CC4=NC(=O)NC4=C3)c(-c3ccc(F)cc3)nc12. The molecule has 1 aliphatic carbocycles. The van der Waals surface area contributed by atoms with E-state index in [4.69, 9.17) is 4.98 Å². The molecule has 1 aromatic carbocycles. The minimum Gasteiger partial charge on any atom is -0.370 e. The van der Waals surface area contributed by atoms with Gasteiger partial charge >= 0.3 is 6.03 Å². The van der Waals surface area contributed by atoms with E-state index in [-0.39, 0.29) is 17.8 Å². The Morgan fingerprint density at radius 3 is 2.86 bits per heavy atom. The Hall–Kier alpha value is -3.81. The minimum absolute atomic E-state index is 0.158. The molecule has 0 radical (unpaired) electrons. The smallest absolute Gasteiger partial charge is 0.346 e. The van der Waals surface area contributed by atoms with E-state index in [1.165, 1.54) is 12.1 Å². The van der Waals surface area contributed by atoms with E-state index in [2.05, 4.69) is 20.6 Å². The maximum absolute atomic E-state index is 13.4. The normalized spacial score (nSPS) is 17.9. The number of carbonyl (C=O) groups is 1. The van der Waals surface area contributed by atoms with Crippen LogP contribution in [-0.4, -0.2) is 33.2 Å². The molecule has 2 N–H and O–H groups in total. The van der Waals surface area contributed by atoms with Crippen LogP contribution in [0.1, 0.15) is 11.6 Å². The van der Waals surface area contributed by atoms with E-state index >= 15 is 0 Å². The van der Waals surface area contributed by atoms with Gasteiger partial charge in [-0.2, -0.15) is 4.99 Å². The summed E-state index contributed by atoms with van der Waals surface area (Å²) in [6, 6.07) is 5.87. The zero-order chi connectivity index (χ0) is 19.3. The number of halogens is 1. The maximum atomic E-state index is 13.4. The molecule has 138 valence electrons. The van der Waals surface area contributed by atoms with Gasteiger partial charge in [0.25, 0.3) is 0 Å². The van der Waals surface area contributed by atoms with Crippen molar-refractivity contribution < 1.29 is 9.18 Å².